The molecule has 6 rings (SSSR count). The fourth-order valence-electron chi connectivity index (χ4n) is 4.83. The van der Waals surface area contributed by atoms with Gasteiger partial charge in [-0.25, -0.2) is 0 Å². The summed E-state index contributed by atoms with van der Waals surface area (Å²) in [4.78, 5) is 0. The molecule has 4 aromatic carbocycles. The first-order chi connectivity index (χ1) is 13.9. The number of rotatable bonds is 1. The van der Waals surface area contributed by atoms with Gasteiger partial charge in [0.15, 0.2) is 0 Å². The van der Waals surface area contributed by atoms with E-state index in [9.17, 15) is 0 Å². The van der Waals surface area contributed by atoms with E-state index in [1.165, 1.54) is 56.1 Å². The van der Waals surface area contributed by atoms with Gasteiger partial charge in [-0.05, 0) is 67.9 Å². The van der Waals surface area contributed by atoms with Crippen LogP contribution in [0.1, 0.15) is 17.5 Å². The lowest BCUT2D eigenvalue weighted by atomic mass is 9.88. The van der Waals surface area contributed by atoms with Crippen LogP contribution in [0.2, 0.25) is 0 Å². The predicted octanol–water partition coefficient (Wildman–Crippen LogP) is 8.00. The molecule has 1 heteroatoms. The Bertz CT molecular complexity index is 1210. The molecule has 0 bridgehead atoms. The summed E-state index contributed by atoms with van der Waals surface area (Å²) in [5, 5.41) is 7.12. The van der Waals surface area contributed by atoms with Gasteiger partial charge >= 0.3 is 0 Å². The first-order valence-corrected chi connectivity index (χ1v) is 11.7. The summed E-state index contributed by atoms with van der Waals surface area (Å²) in [5.74, 6) is 0. The molecule has 1 aliphatic carbocycles. The molecule has 0 saturated carbocycles. The SMILES string of the molecule is C1=CCC(P2Cc3ccc4ccccc4c3-c3c(ccc4ccccc34)C2)=C1. The van der Waals surface area contributed by atoms with Crippen molar-refractivity contribution in [2.75, 3.05) is 0 Å². The monoisotopic (exact) mass is 376 g/mol. The normalized spacial score (nSPS) is 16.1. The highest BCUT2D eigenvalue weighted by Gasteiger charge is 2.26. The molecule has 0 fully saturated rings. The smallest absolute Gasteiger partial charge is 0.00264 e. The minimum absolute atomic E-state index is 0.185. The van der Waals surface area contributed by atoms with E-state index in [0.717, 1.165) is 6.42 Å². The van der Waals surface area contributed by atoms with Crippen molar-refractivity contribution in [2.45, 2.75) is 18.7 Å². The fraction of sp³-hybridized carbons (Fsp3) is 0.111. The van der Waals surface area contributed by atoms with Crippen LogP contribution in [0.4, 0.5) is 0 Å². The van der Waals surface area contributed by atoms with Crippen LogP contribution < -0.4 is 0 Å². The van der Waals surface area contributed by atoms with Gasteiger partial charge in [0.25, 0.3) is 0 Å². The number of hydrogen-bond donors (Lipinski definition) is 0. The highest BCUT2D eigenvalue weighted by atomic mass is 31.1. The predicted molar refractivity (Wildman–Crippen MR) is 123 cm³/mol. The first kappa shape index (κ1) is 16.3. The van der Waals surface area contributed by atoms with Crippen molar-refractivity contribution >= 4 is 29.5 Å². The lowest BCUT2D eigenvalue weighted by Gasteiger charge is -2.18. The molecule has 0 atom stereocenters. The van der Waals surface area contributed by atoms with Gasteiger partial charge < -0.3 is 0 Å². The van der Waals surface area contributed by atoms with Crippen LogP contribution in [0.3, 0.4) is 0 Å². The summed E-state index contributed by atoms with van der Waals surface area (Å²) in [7, 11) is -0.185. The second-order valence-electron chi connectivity index (χ2n) is 7.79. The van der Waals surface area contributed by atoms with Gasteiger partial charge in [-0.3, -0.25) is 0 Å². The van der Waals surface area contributed by atoms with E-state index in [1.807, 2.05) is 0 Å². The fourth-order valence-corrected chi connectivity index (χ4v) is 7.36. The molecule has 0 spiro atoms. The molecular formula is C27H21P. The van der Waals surface area contributed by atoms with Crippen molar-refractivity contribution in [2.24, 2.45) is 0 Å². The van der Waals surface area contributed by atoms with E-state index in [2.05, 4.69) is 91.0 Å². The summed E-state index contributed by atoms with van der Waals surface area (Å²) < 4.78 is 0. The maximum absolute atomic E-state index is 2.40. The van der Waals surface area contributed by atoms with Crippen LogP contribution >= 0.6 is 7.92 Å². The Morgan fingerprint density at radius 3 is 1.71 bits per heavy atom. The van der Waals surface area contributed by atoms with Gasteiger partial charge in [0, 0.05) is 0 Å². The number of fused-ring (bicyclic) bond motifs is 7. The number of hydrogen-bond acceptors (Lipinski definition) is 0. The van der Waals surface area contributed by atoms with Crippen molar-refractivity contribution < 1.29 is 0 Å². The zero-order valence-corrected chi connectivity index (χ0v) is 16.6. The van der Waals surface area contributed by atoms with Gasteiger partial charge in [-0.15, -0.1) is 0 Å². The lowest BCUT2D eigenvalue weighted by Crippen LogP contribution is -1.92. The molecule has 4 aromatic rings. The Hall–Kier alpha value is -2.69. The van der Waals surface area contributed by atoms with Crippen molar-refractivity contribution in [3.63, 3.8) is 0 Å². The Balaban J connectivity index is 1.71. The minimum atomic E-state index is -0.185. The van der Waals surface area contributed by atoms with Crippen LogP contribution in [-0.2, 0) is 12.3 Å². The molecule has 2 aliphatic rings. The van der Waals surface area contributed by atoms with E-state index >= 15 is 0 Å². The Morgan fingerprint density at radius 2 is 1.18 bits per heavy atom. The summed E-state index contributed by atoms with van der Waals surface area (Å²) >= 11 is 0. The summed E-state index contributed by atoms with van der Waals surface area (Å²) in [6.07, 6.45) is 10.4. The molecule has 0 aromatic heterocycles. The zero-order chi connectivity index (χ0) is 18.5. The van der Waals surface area contributed by atoms with Crippen LogP contribution in [0.5, 0.6) is 0 Å². The Kier molecular flexibility index (Phi) is 3.74. The molecule has 0 saturated heterocycles. The maximum Gasteiger partial charge on any atom is -0.00264 e. The molecule has 0 N–H and O–H groups in total. The van der Waals surface area contributed by atoms with Crippen LogP contribution in [0.15, 0.2) is 96.3 Å². The quantitative estimate of drug-likeness (QED) is 0.295. The van der Waals surface area contributed by atoms with E-state index in [1.54, 1.807) is 5.31 Å². The standard InChI is InChI=1S/C27H21P/c1-5-11-24-19(7-1)13-15-21-17-28(23-9-3-4-10-23)18-22-16-14-20-8-2-6-12-25(20)27(22)26(21)24/h1-9,11-16H,10,17-18H2. The number of allylic oxidation sites excluding steroid dienone is 4. The lowest BCUT2D eigenvalue weighted by molar-refractivity contribution is 1.33. The average molecular weight is 376 g/mol. The van der Waals surface area contributed by atoms with Crippen LogP contribution in [-0.4, -0.2) is 0 Å². The molecule has 1 heterocycles. The first-order valence-electron chi connectivity index (χ1n) is 10.0. The van der Waals surface area contributed by atoms with Gasteiger partial charge in [0.1, 0.15) is 0 Å². The minimum Gasteiger partial charge on any atom is -0.0801 e. The summed E-state index contributed by atoms with van der Waals surface area (Å²) in [6.45, 7) is 0. The zero-order valence-electron chi connectivity index (χ0n) is 15.7. The van der Waals surface area contributed by atoms with Crippen LogP contribution in [0, 0.1) is 0 Å². The molecule has 0 unspecified atom stereocenters. The summed E-state index contributed by atoms with van der Waals surface area (Å²) in [5.41, 5.74) is 5.99. The van der Waals surface area contributed by atoms with Gasteiger partial charge in [-0.2, -0.15) is 0 Å². The van der Waals surface area contributed by atoms with Crippen LogP contribution in [0.25, 0.3) is 32.7 Å². The Labute approximate surface area is 167 Å². The molecule has 28 heavy (non-hydrogen) atoms. The van der Waals surface area contributed by atoms with Gasteiger partial charge in [0.2, 0.25) is 0 Å². The number of benzene rings is 4. The third-order valence-electron chi connectivity index (χ3n) is 6.16. The molecular weight excluding hydrogens is 355 g/mol. The highest BCUT2D eigenvalue weighted by Crippen LogP contribution is 2.58. The van der Waals surface area contributed by atoms with Crippen molar-refractivity contribution in [1.29, 1.82) is 0 Å². The van der Waals surface area contributed by atoms with E-state index in [-0.39, 0.29) is 7.92 Å². The summed E-state index contributed by atoms with van der Waals surface area (Å²) in [6, 6.07) is 27.2. The average Bonchev–Trinajstić information content (AvgIpc) is 3.22. The third-order valence-corrected chi connectivity index (χ3v) is 8.75. The van der Waals surface area contributed by atoms with Crippen molar-refractivity contribution in [3.05, 3.63) is 107 Å². The highest BCUT2D eigenvalue weighted by molar-refractivity contribution is 7.60. The Morgan fingerprint density at radius 1 is 0.607 bits per heavy atom. The largest absolute Gasteiger partial charge is 0.0801 e. The third kappa shape index (κ3) is 2.49. The van der Waals surface area contributed by atoms with Gasteiger partial charge in [0.05, 0.1) is 0 Å². The molecule has 0 nitrogen and oxygen atoms in total. The van der Waals surface area contributed by atoms with Crippen molar-refractivity contribution in [3.8, 4) is 11.1 Å². The topological polar surface area (TPSA) is 0 Å². The second-order valence-corrected chi connectivity index (χ2v) is 10.1. The molecule has 0 amide bonds. The van der Waals surface area contributed by atoms with E-state index < -0.39 is 0 Å². The van der Waals surface area contributed by atoms with Gasteiger partial charge in [-0.1, -0.05) is 98.9 Å². The maximum atomic E-state index is 2.40. The van der Waals surface area contributed by atoms with E-state index in [0.29, 0.717) is 0 Å². The molecule has 0 radical (unpaired) electrons. The van der Waals surface area contributed by atoms with E-state index in [4.69, 9.17) is 0 Å². The second kappa shape index (κ2) is 6.43. The van der Waals surface area contributed by atoms with Crippen molar-refractivity contribution in [1.82, 2.24) is 0 Å². The molecule has 1 aliphatic heterocycles. The molecule has 134 valence electrons.